The molecule has 0 saturated carbocycles. The fourth-order valence-electron chi connectivity index (χ4n) is 1.41. The van der Waals surface area contributed by atoms with Gasteiger partial charge in [-0.3, -0.25) is 14.8 Å². The lowest BCUT2D eigenvalue weighted by molar-refractivity contribution is 0.449. The van der Waals surface area contributed by atoms with E-state index in [-0.39, 0.29) is 16.2 Å². The van der Waals surface area contributed by atoms with Crippen molar-refractivity contribution in [2.45, 2.75) is 6.92 Å². The molecular formula is C12H10ClN3O2S. The Morgan fingerprint density at radius 1 is 1.42 bits per heavy atom. The molecule has 0 spiro atoms. The topological polar surface area (TPSA) is 81.2 Å². The summed E-state index contributed by atoms with van der Waals surface area (Å²) in [7, 11) is 0. The lowest BCUT2D eigenvalue weighted by atomic mass is 10.2. The van der Waals surface area contributed by atoms with Gasteiger partial charge in [-0.2, -0.15) is 0 Å². The number of H-pyrrole nitrogens is 2. The van der Waals surface area contributed by atoms with Gasteiger partial charge in [-0.05, 0) is 36.8 Å². The lowest BCUT2D eigenvalue weighted by Crippen LogP contribution is -2.13. The highest BCUT2D eigenvalue weighted by molar-refractivity contribution is 7.71. The van der Waals surface area contributed by atoms with Gasteiger partial charge in [-0.15, -0.1) is 0 Å². The molecule has 98 valence electrons. The van der Waals surface area contributed by atoms with Gasteiger partial charge in [0.05, 0.1) is 5.69 Å². The van der Waals surface area contributed by atoms with Crippen molar-refractivity contribution in [3.05, 3.63) is 49.5 Å². The molecule has 0 unspecified atom stereocenters. The summed E-state index contributed by atoms with van der Waals surface area (Å²) in [5.74, 6) is -0.323. The third-order valence-electron chi connectivity index (χ3n) is 2.46. The van der Waals surface area contributed by atoms with Crippen molar-refractivity contribution in [1.29, 1.82) is 0 Å². The summed E-state index contributed by atoms with van der Waals surface area (Å²) in [6.45, 7) is 1.88. The van der Waals surface area contributed by atoms with Crippen LogP contribution in [0.4, 0.5) is 5.69 Å². The zero-order valence-electron chi connectivity index (χ0n) is 9.90. The number of aryl methyl sites for hydroxylation is 1. The Kier molecular flexibility index (Phi) is 3.82. The molecule has 1 aromatic heterocycles. The van der Waals surface area contributed by atoms with Crippen molar-refractivity contribution in [3.8, 4) is 5.88 Å². The first-order valence-electron chi connectivity index (χ1n) is 5.33. The summed E-state index contributed by atoms with van der Waals surface area (Å²) in [6, 6.07) is 5.25. The number of hydrogen-bond acceptors (Lipinski definition) is 4. The molecule has 0 aliphatic rings. The van der Waals surface area contributed by atoms with Crippen LogP contribution in [0, 0.1) is 11.7 Å². The third-order valence-corrected chi connectivity index (χ3v) is 3.07. The maximum Gasteiger partial charge on any atom is 0.264 e. The normalized spacial score (nSPS) is 11.1. The molecule has 0 atom stereocenters. The van der Waals surface area contributed by atoms with Crippen LogP contribution >= 0.6 is 23.8 Å². The largest absolute Gasteiger partial charge is 0.494 e. The van der Waals surface area contributed by atoms with Gasteiger partial charge in [0.2, 0.25) is 5.88 Å². The van der Waals surface area contributed by atoms with Crippen molar-refractivity contribution in [2.24, 2.45) is 4.99 Å². The molecule has 0 radical (unpaired) electrons. The van der Waals surface area contributed by atoms with Gasteiger partial charge in [0.1, 0.15) is 5.56 Å². The van der Waals surface area contributed by atoms with Gasteiger partial charge in [0.15, 0.2) is 4.77 Å². The smallest absolute Gasteiger partial charge is 0.264 e. The van der Waals surface area contributed by atoms with E-state index < -0.39 is 5.56 Å². The molecule has 1 aromatic carbocycles. The Hall–Kier alpha value is -1.92. The van der Waals surface area contributed by atoms with E-state index in [1.54, 1.807) is 12.1 Å². The number of benzene rings is 1. The highest BCUT2D eigenvalue weighted by Crippen LogP contribution is 2.22. The van der Waals surface area contributed by atoms with Crippen LogP contribution in [-0.2, 0) is 0 Å². The van der Waals surface area contributed by atoms with Crippen LogP contribution in [0.1, 0.15) is 11.1 Å². The fourth-order valence-corrected chi connectivity index (χ4v) is 1.77. The molecule has 1 heterocycles. The Bertz CT molecular complexity index is 764. The fraction of sp³-hybridized carbons (Fsp3) is 0.0833. The number of aromatic nitrogens is 2. The molecule has 0 amide bonds. The number of nitrogens with one attached hydrogen (secondary N) is 2. The van der Waals surface area contributed by atoms with Crippen molar-refractivity contribution in [3.63, 3.8) is 0 Å². The van der Waals surface area contributed by atoms with Crippen LogP contribution in [-0.4, -0.2) is 21.3 Å². The highest BCUT2D eigenvalue weighted by Gasteiger charge is 2.04. The van der Waals surface area contributed by atoms with Gasteiger partial charge < -0.3 is 10.1 Å². The van der Waals surface area contributed by atoms with E-state index in [4.69, 9.17) is 23.8 Å². The van der Waals surface area contributed by atoms with E-state index in [2.05, 4.69) is 15.0 Å². The quantitative estimate of drug-likeness (QED) is 0.588. The SMILES string of the molecule is Cc1ccc(N=Cc2c(O)[nH]c(=S)[nH]c2=O)cc1Cl. The molecule has 0 aliphatic carbocycles. The molecule has 2 aromatic rings. The predicted octanol–water partition coefficient (Wildman–Crippen LogP) is 2.85. The van der Waals surface area contributed by atoms with Gasteiger partial charge in [-0.25, -0.2) is 0 Å². The highest BCUT2D eigenvalue weighted by atomic mass is 35.5. The van der Waals surface area contributed by atoms with Crippen LogP contribution in [0.3, 0.4) is 0 Å². The Morgan fingerprint density at radius 3 is 2.79 bits per heavy atom. The van der Waals surface area contributed by atoms with E-state index in [0.29, 0.717) is 10.7 Å². The molecule has 19 heavy (non-hydrogen) atoms. The zero-order chi connectivity index (χ0) is 14.0. The van der Waals surface area contributed by atoms with E-state index >= 15 is 0 Å². The maximum absolute atomic E-state index is 11.6. The van der Waals surface area contributed by atoms with Crippen molar-refractivity contribution < 1.29 is 5.11 Å². The minimum Gasteiger partial charge on any atom is -0.494 e. The summed E-state index contributed by atoms with van der Waals surface area (Å²) in [4.78, 5) is 20.5. The van der Waals surface area contributed by atoms with Crippen LogP contribution in [0.2, 0.25) is 5.02 Å². The van der Waals surface area contributed by atoms with E-state index in [9.17, 15) is 9.90 Å². The number of aliphatic imine (C=N–C) groups is 1. The molecule has 0 aliphatic heterocycles. The summed E-state index contributed by atoms with van der Waals surface area (Å²) >= 11 is 10.7. The first kappa shape index (κ1) is 13.5. The van der Waals surface area contributed by atoms with Crippen molar-refractivity contribution in [2.75, 3.05) is 0 Å². The van der Waals surface area contributed by atoms with Gasteiger partial charge in [0, 0.05) is 11.2 Å². The van der Waals surface area contributed by atoms with E-state index in [1.807, 2.05) is 13.0 Å². The van der Waals surface area contributed by atoms with Crippen LogP contribution < -0.4 is 5.56 Å². The Labute approximate surface area is 118 Å². The minimum absolute atomic E-state index is 0.00491. The number of aromatic amines is 2. The van der Waals surface area contributed by atoms with Gasteiger partial charge in [-0.1, -0.05) is 17.7 Å². The molecule has 0 bridgehead atoms. The van der Waals surface area contributed by atoms with E-state index in [0.717, 1.165) is 5.56 Å². The molecular weight excluding hydrogens is 286 g/mol. The number of aromatic hydroxyl groups is 1. The summed E-state index contributed by atoms with van der Waals surface area (Å²) in [5, 5.41) is 10.2. The van der Waals surface area contributed by atoms with Crippen LogP contribution in [0.15, 0.2) is 28.0 Å². The maximum atomic E-state index is 11.6. The Morgan fingerprint density at radius 2 is 2.16 bits per heavy atom. The molecule has 7 heteroatoms. The van der Waals surface area contributed by atoms with Crippen LogP contribution in [0.5, 0.6) is 5.88 Å². The monoisotopic (exact) mass is 295 g/mol. The average Bonchev–Trinajstić information content (AvgIpc) is 2.32. The van der Waals surface area contributed by atoms with Crippen molar-refractivity contribution in [1.82, 2.24) is 9.97 Å². The zero-order valence-corrected chi connectivity index (χ0v) is 11.5. The molecule has 2 rings (SSSR count). The molecule has 0 fully saturated rings. The van der Waals surface area contributed by atoms with Crippen molar-refractivity contribution >= 4 is 35.7 Å². The second kappa shape index (κ2) is 5.38. The summed E-state index contributed by atoms with van der Waals surface area (Å²) < 4.78 is 0.0537. The summed E-state index contributed by atoms with van der Waals surface area (Å²) in [6.07, 6.45) is 1.25. The van der Waals surface area contributed by atoms with E-state index in [1.165, 1.54) is 6.21 Å². The number of halogens is 1. The van der Waals surface area contributed by atoms with Gasteiger partial charge in [0.25, 0.3) is 5.56 Å². The number of nitrogens with zero attached hydrogens (tertiary/aromatic N) is 1. The Balaban J connectivity index is 2.40. The summed E-state index contributed by atoms with van der Waals surface area (Å²) in [5.41, 5.74) is 1.01. The molecule has 5 nitrogen and oxygen atoms in total. The number of rotatable bonds is 2. The second-order valence-corrected chi connectivity index (χ2v) is 4.68. The third kappa shape index (κ3) is 3.10. The number of hydrogen-bond donors (Lipinski definition) is 3. The predicted molar refractivity (Wildman–Crippen MR) is 77.4 cm³/mol. The minimum atomic E-state index is -0.511. The first-order chi connectivity index (χ1) is 8.97. The molecule has 0 saturated heterocycles. The standard InChI is InChI=1S/C12H10ClN3O2S/c1-6-2-3-7(4-9(6)13)14-5-8-10(17)15-12(19)16-11(8)18/h2-5H,1H3,(H3,15,16,17,18,19). The molecule has 3 N–H and O–H groups in total. The van der Waals surface area contributed by atoms with Crippen LogP contribution in [0.25, 0.3) is 0 Å². The first-order valence-corrected chi connectivity index (χ1v) is 6.12. The van der Waals surface area contributed by atoms with Gasteiger partial charge >= 0.3 is 0 Å². The second-order valence-electron chi connectivity index (χ2n) is 3.86. The lowest BCUT2D eigenvalue weighted by Gasteiger charge is -1.99. The average molecular weight is 296 g/mol.